The van der Waals surface area contributed by atoms with E-state index in [0.29, 0.717) is 25.3 Å². The average Bonchev–Trinajstić information content (AvgIpc) is 2.45. The molecule has 1 aromatic rings. The van der Waals surface area contributed by atoms with Gasteiger partial charge < -0.3 is 14.7 Å². The molecule has 0 spiro atoms. The second-order valence-electron chi connectivity index (χ2n) is 6.46. The van der Waals surface area contributed by atoms with Crippen LogP contribution in [0.3, 0.4) is 0 Å². The van der Waals surface area contributed by atoms with Crippen LogP contribution in [0.15, 0.2) is 24.3 Å². The second kappa shape index (κ2) is 6.24. The molecule has 0 radical (unpaired) electrons. The molecule has 120 valence electrons. The van der Waals surface area contributed by atoms with Gasteiger partial charge in [-0.1, -0.05) is 6.42 Å². The molecule has 1 saturated carbocycles. The summed E-state index contributed by atoms with van der Waals surface area (Å²) < 4.78 is 18.4. The van der Waals surface area contributed by atoms with Crippen LogP contribution in [-0.2, 0) is 4.79 Å². The van der Waals surface area contributed by atoms with Gasteiger partial charge in [-0.05, 0) is 49.9 Å². The first-order chi connectivity index (χ1) is 10.6. The number of aliphatic hydroxyl groups is 1. The lowest BCUT2D eigenvalue weighted by atomic mass is 9.83. The van der Waals surface area contributed by atoms with Crippen LogP contribution in [0.2, 0.25) is 0 Å². The zero-order valence-corrected chi connectivity index (χ0v) is 12.6. The fraction of sp³-hybridized carbons (Fsp3) is 0.588. The van der Waals surface area contributed by atoms with E-state index in [1.54, 1.807) is 17.0 Å². The number of carbonyl (C=O) groups is 1. The predicted octanol–water partition coefficient (Wildman–Crippen LogP) is 2.36. The lowest BCUT2D eigenvalue weighted by Gasteiger charge is -2.41. The lowest BCUT2D eigenvalue weighted by molar-refractivity contribution is -0.146. The molecule has 1 atom stereocenters. The normalized spacial score (nSPS) is 25.6. The van der Waals surface area contributed by atoms with Gasteiger partial charge >= 0.3 is 0 Å². The highest BCUT2D eigenvalue weighted by atomic mass is 19.1. The quantitative estimate of drug-likeness (QED) is 0.929. The first kappa shape index (κ1) is 15.3. The Labute approximate surface area is 129 Å². The molecule has 1 saturated heterocycles. The van der Waals surface area contributed by atoms with Crippen molar-refractivity contribution in [2.75, 3.05) is 19.7 Å². The zero-order valence-electron chi connectivity index (χ0n) is 12.6. The number of ether oxygens (including phenoxy) is 1. The fourth-order valence-corrected chi connectivity index (χ4v) is 3.08. The van der Waals surface area contributed by atoms with Gasteiger partial charge in [0.1, 0.15) is 23.8 Å². The van der Waals surface area contributed by atoms with E-state index in [-0.39, 0.29) is 24.2 Å². The van der Waals surface area contributed by atoms with Gasteiger partial charge in [0.2, 0.25) is 5.91 Å². The van der Waals surface area contributed by atoms with Crippen molar-refractivity contribution in [1.82, 2.24) is 4.90 Å². The number of piperidine rings is 1. The first-order valence-electron chi connectivity index (χ1n) is 7.95. The minimum atomic E-state index is -1.02. The van der Waals surface area contributed by atoms with Gasteiger partial charge in [0.15, 0.2) is 0 Å². The number of halogens is 1. The molecule has 1 unspecified atom stereocenters. The Bertz CT molecular complexity index is 529. The topological polar surface area (TPSA) is 49.8 Å². The van der Waals surface area contributed by atoms with Gasteiger partial charge in [-0.3, -0.25) is 4.79 Å². The van der Waals surface area contributed by atoms with Crippen LogP contribution in [0.5, 0.6) is 5.75 Å². The monoisotopic (exact) mass is 307 g/mol. The first-order valence-corrected chi connectivity index (χ1v) is 7.95. The number of β-amino-alcohol motifs (C(OH)–C–C–N with tert-alkyl or cyclic N) is 1. The number of hydrogen-bond donors (Lipinski definition) is 1. The molecule has 0 bridgehead atoms. The molecular weight excluding hydrogens is 285 g/mol. The molecule has 1 aromatic carbocycles. The molecule has 3 rings (SSSR count). The molecule has 1 aliphatic carbocycles. The Morgan fingerprint density at radius 1 is 1.32 bits per heavy atom. The Balaban J connectivity index is 1.57. The highest BCUT2D eigenvalue weighted by Gasteiger charge is 2.39. The van der Waals surface area contributed by atoms with E-state index >= 15 is 0 Å². The Kier molecular flexibility index (Phi) is 4.34. The maximum absolute atomic E-state index is 12.9. The molecule has 0 aromatic heterocycles. The molecule has 22 heavy (non-hydrogen) atoms. The summed E-state index contributed by atoms with van der Waals surface area (Å²) in [6.45, 7) is 1.16. The summed E-state index contributed by atoms with van der Waals surface area (Å²) in [7, 11) is 0. The summed E-state index contributed by atoms with van der Waals surface area (Å²) >= 11 is 0. The van der Waals surface area contributed by atoms with E-state index < -0.39 is 5.60 Å². The van der Waals surface area contributed by atoms with Crippen molar-refractivity contribution >= 4 is 5.91 Å². The van der Waals surface area contributed by atoms with Gasteiger partial charge in [0.25, 0.3) is 0 Å². The molecule has 5 heteroatoms. The number of rotatable bonds is 4. The smallest absolute Gasteiger partial charge is 0.225 e. The van der Waals surface area contributed by atoms with E-state index in [1.165, 1.54) is 12.1 Å². The van der Waals surface area contributed by atoms with Crippen LogP contribution in [0.25, 0.3) is 0 Å². The predicted molar refractivity (Wildman–Crippen MR) is 80.0 cm³/mol. The molecule has 1 heterocycles. The van der Waals surface area contributed by atoms with Crippen LogP contribution in [0.4, 0.5) is 4.39 Å². The van der Waals surface area contributed by atoms with Crippen molar-refractivity contribution in [2.24, 2.45) is 5.92 Å². The van der Waals surface area contributed by atoms with Gasteiger partial charge in [-0.2, -0.15) is 0 Å². The third-order valence-corrected chi connectivity index (χ3v) is 4.64. The molecule has 1 N–H and O–H groups in total. The van der Waals surface area contributed by atoms with Crippen LogP contribution in [0, 0.1) is 11.7 Å². The summed E-state index contributed by atoms with van der Waals surface area (Å²) in [5.74, 6) is 0.532. The summed E-state index contributed by atoms with van der Waals surface area (Å²) in [6.07, 6.45) is 4.46. The van der Waals surface area contributed by atoms with Crippen LogP contribution in [-0.4, -0.2) is 41.2 Å². The Hall–Kier alpha value is -1.62. The Morgan fingerprint density at radius 2 is 2.05 bits per heavy atom. The summed E-state index contributed by atoms with van der Waals surface area (Å²) in [5, 5.41) is 10.7. The molecule has 2 fully saturated rings. The Morgan fingerprint density at radius 3 is 2.68 bits per heavy atom. The second-order valence-corrected chi connectivity index (χ2v) is 6.46. The van der Waals surface area contributed by atoms with E-state index in [1.807, 2.05) is 0 Å². The van der Waals surface area contributed by atoms with E-state index in [0.717, 1.165) is 25.7 Å². The summed E-state index contributed by atoms with van der Waals surface area (Å²) in [6, 6.07) is 5.73. The largest absolute Gasteiger partial charge is 0.491 e. The van der Waals surface area contributed by atoms with E-state index in [4.69, 9.17) is 4.74 Å². The minimum Gasteiger partial charge on any atom is -0.491 e. The number of likely N-dealkylation sites (tertiary alicyclic amines) is 1. The van der Waals surface area contributed by atoms with E-state index in [2.05, 4.69) is 0 Å². The van der Waals surface area contributed by atoms with Crippen molar-refractivity contribution < 1.29 is 19.0 Å². The van der Waals surface area contributed by atoms with Gasteiger partial charge in [-0.15, -0.1) is 0 Å². The number of hydrogen-bond acceptors (Lipinski definition) is 3. The number of nitrogens with zero attached hydrogens (tertiary/aromatic N) is 1. The average molecular weight is 307 g/mol. The highest BCUT2D eigenvalue weighted by molar-refractivity contribution is 5.79. The number of amides is 1. The maximum Gasteiger partial charge on any atom is 0.225 e. The van der Waals surface area contributed by atoms with Gasteiger partial charge in [-0.25, -0.2) is 4.39 Å². The van der Waals surface area contributed by atoms with Gasteiger partial charge in [0.05, 0.1) is 6.54 Å². The SMILES string of the molecule is O=C(C1CCC1)N1CCCC(O)(COc2ccc(F)cc2)C1. The number of benzene rings is 1. The van der Waals surface area contributed by atoms with Crippen molar-refractivity contribution in [3.8, 4) is 5.75 Å². The van der Waals surface area contributed by atoms with Crippen molar-refractivity contribution in [3.63, 3.8) is 0 Å². The third kappa shape index (κ3) is 3.40. The molecule has 4 nitrogen and oxygen atoms in total. The fourth-order valence-electron chi connectivity index (χ4n) is 3.08. The van der Waals surface area contributed by atoms with Crippen molar-refractivity contribution in [2.45, 2.75) is 37.7 Å². The molecule has 1 amide bonds. The highest BCUT2D eigenvalue weighted by Crippen LogP contribution is 2.31. The van der Waals surface area contributed by atoms with Crippen LogP contribution in [0.1, 0.15) is 32.1 Å². The van der Waals surface area contributed by atoms with Crippen molar-refractivity contribution in [1.29, 1.82) is 0 Å². The van der Waals surface area contributed by atoms with Crippen LogP contribution < -0.4 is 4.74 Å². The molecule has 1 aliphatic heterocycles. The van der Waals surface area contributed by atoms with Crippen LogP contribution >= 0.6 is 0 Å². The maximum atomic E-state index is 12.9. The molecule has 2 aliphatic rings. The lowest BCUT2D eigenvalue weighted by Crippen LogP contribution is -2.55. The van der Waals surface area contributed by atoms with Gasteiger partial charge in [0, 0.05) is 12.5 Å². The third-order valence-electron chi connectivity index (χ3n) is 4.64. The summed E-state index contributed by atoms with van der Waals surface area (Å²) in [5.41, 5.74) is -1.02. The number of carbonyl (C=O) groups excluding carboxylic acids is 1. The van der Waals surface area contributed by atoms with Crippen molar-refractivity contribution in [3.05, 3.63) is 30.1 Å². The standard InChI is InChI=1S/C17H22FNO3/c18-14-5-7-15(8-6-14)22-12-17(21)9-2-10-19(11-17)16(20)13-3-1-4-13/h5-8,13,21H,1-4,9-12H2. The molecular formula is C17H22FNO3. The minimum absolute atomic E-state index is 0.118. The zero-order chi connectivity index (χ0) is 15.6. The summed E-state index contributed by atoms with van der Waals surface area (Å²) in [4.78, 5) is 14.1. The van der Waals surface area contributed by atoms with E-state index in [9.17, 15) is 14.3 Å².